The molecule has 20 heavy (non-hydrogen) atoms. The SMILES string of the molecule is O=COOOOOOOOOOOOOOOOOO. The highest BCUT2D eigenvalue weighted by atomic mass is 18.0. The molecule has 0 aliphatic carbocycles. The molecular weight excluding hydrogens is 316 g/mol. The molecule has 0 heterocycles. The van der Waals surface area contributed by atoms with Gasteiger partial charge >= 0.3 is 6.47 Å². The highest BCUT2D eigenvalue weighted by Crippen LogP contribution is 1.92. The van der Waals surface area contributed by atoms with Gasteiger partial charge in [0.2, 0.25) is 0 Å². The molecule has 0 radical (unpaired) electrons. The second-order valence-electron chi connectivity index (χ2n) is 1.29. The summed E-state index contributed by atoms with van der Waals surface area (Å²) in [6, 6.07) is 0. The first-order valence-corrected chi connectivity index (χ1v) is 3.32. The van der Waals surface area contributed by atoms with Crippen molar-refractivity contribution >= 4 is 6.47 Å². The van der Waals surface area contributed by atoms with Crippen LogP contribution in [-0.4, -0.2) is 11.7 Å². The number of carbonyl (C=O) groups is 1. The molecule has 0 atom stereocenters. The molecule has 0 amide bonds. The van der Waals surface area contributed by atoms with Gasteiger partial charge in [0, 0.05) is 40.3 Å². The zero-order chi connectivity index (χ0) is 14.7. The second kappa shape index (κ2) is 17.8. The van der Waals surface area contributed by atoms with E-state index in [1.165, 1.54) is 0 Å². The summed E-state index contributed by atoms with van der Waals surface area (Å²) in [5.41, 5.74) is 0. The lowest BCUT2D eigenvalue weighted by Crippen LogP contribution is -2.05. The van der Waals surface area contributed by atoms with Crippen molar-refractivity contribution in [2.45, 2.75) is 0 Å². The van der Waals surface area contributed by atoms with E-state index in [9.17, 15) is 4.79 Å². The van der Waals surface area contributed by atoms with Crippen molar-refractivity contribution < 1.29 is 95.6 Å². The fourth-order valence-electron chi connectivity index (χ4n) is 0.192. The molecule has 0 spiro atoms. The number of hydrogen-bond donors (Lipinski definition) is 1. The van der Waals surface area contributed by atoms with Crippen LogP contribution in [0.2, 0.25) is 0 Å². The van der Waals surface area contributed by atoms with Gasteiger partial charge in [0.25, 0.3) is 0 Å². The quantitative estimate of drug-likeness (QED) is 0.141. The molecule has 19 nitrogen and oxygen atoms in total. The minimum Gasteiger partial charge on any atom is -0.270 e. The van der Waals surface area contributed by atoms with Crippen LogP contribution in [0.15, 0.2) is 0 Å². The Morgan fingerprint density at radius 2 is 0.800 bits per heavy atom. The molecule has 0 aliphatic rings. The molecule has 0 aromatic carbocycles. The zero-order valence-electron chi connectivity index (χ0n) is 8.37. The van der Waals surface area contributed by atoms with E-state index in [-0.39, 0.29) is 6.47 Å². The Hall–Kier alpha value is -1.21. The first-order valence-electron chi connectivity index (χ1n) is 3.32. The van der Waals surface area contributed by atoms with E-state index in [1.807, 2.05) is 0 Å². The number of hydrogen-bond acceptors (Lipinski definition) is 19. The molecule has 0 bridgehead atoms. The smallest absolute Gasteiger partial charge is 0.270 e. The standard InChI is InChI=1S/CH2O19/c2-1-4-6-8-10-12-14-16-18-20-19-17-15-13-11-9-7-5-3/h1,3H. The van der Waals surface area contributed by atoms with E-state index in [2.05, 4.69) is 85.5 Å². The van der Waals surface area contributed by atoms with Crippen molar-refractivity contribution in [1.29, 1.82) is 0 Å². The summed E-state index contributed by atoms with van der Waals surface area (Å²) in [7, 11) is 0. The van der Waals surface area contributed by atoms with Crippen LogP contribution < -0.4 is 0 Å². The van der Waals surface area contributed by atoms with Crippen LogP contribution in [0.1, 0.15) is 0 Å². The van der Waals surface area contributed by atoms with Crippen molar-refractivity contribution in [1.82, 2.24) is 0 Å². The Morgan fingerprint density at radius 3 is 1.10 bits per heavy atom. The van der Waals surface area contributed by atoms with Crippen LogP contribution in [0.4, 0.5) is 0 Å². The first kappa shape index (κ1) is 18.8. The Bertz CT molecular complexity index is 177. The van der Waals surface area contributed by atoms with Crippen molar-refractivity contribution in [2.24, 2.45) is 0 Å². The maximum atomic E-state index is 9.46. The summed E-state index contributed by atoms with van der Waals surface area (Å²) in [4.78, 5) is 12.9. The summed E-state index contributed by atoms with van der Waals surface area (Å²) in [5.74, 6) is 0. The summed E-state index contributed by atoms with van der Waals surface area (Å²) >= 11 is 0. The maximum Gasteiger partial charge on any atom is 0.334 e. The van der Waals surface area contributed by atoms with Crippen molar-refractivity contribution in [3.05, 3.63) is 0 Å². The summed E-state index contributed by atoms with van der Waals surface area (Å²) < 4.78 is 0. The van der Waals surface area contributed by atoms with E-state index in [0.29, 0.717) is 0 Å². The van der Waals surface area contributed by atoms with Crippen LogP contribution in [-0.2, 0) is 90.3 Å². The lowest BCUT2D eigenvalue weighted by Gasteiger charge is -1.98. The van der Waals surface area contributed by atoms with Gasteiger partial charge in [-0.05, 0) is 40.3 Å². The Morgan fingerprint density at radius 1 is 0.500 bits per heavy atom. The topological polar surface area (TPSA) is 194 Å². The highest BCUT2D eigenvalue weighted by molar-refractivity contribution is 5.35. The normalized spacial score (nSPS) is 10.7. The van der Waals surface area contributed by atoms with Gasteiger partial charge in [0.15, 0.2) is 0 Å². The summed E-state index contributed by atoms with van der Waals surface area (Å²) in [6.07, 6.45) is 0. The average Bonchev–Trinajstić information content (AvgIpc) is 2.47. The molecule has 0 aliphatic heterocycles. The monoisotopic (exact) mass is 318 g/mol. The first-order chi connectivity index (χ1) is 9.91. The zero-order valence-corrected chi connectivity index (χ0v) is 8.37. The summed E-state index contributed by atoms with van der Waals surface area (Å²) in [6.45, 7) is -0.147. The Kier molecular flexibility index (Phi) is 16.7. The molecule has 0 aromatic rings. The van der Waals surface area contributed by atoms with Crippen molar-refractivity contribution in [3.63, 3.8) is 0 Å². The molecule has 0 rings (SSSR count). The molecule has 120 valence electrons. The van der Waals surface area contributed by atoms with Crippen molar-refractivity contribution in [2.75, 3.05) is 0 Å². The average molecular weight is 318 g/mol. The largest absolute Gasteiger partial charge is 0.334 e. The van der Waals surface area contributed by atoms with E-state index in [0.717, 1.165) is 0 Å². The third-order valence-corrected chi connectivity index (χ3v) is 0.498. The van der Waals surface area contributed by atoms with E-state index < -0.39 is 0 Å². The third-order valence-electron chi connectivity index (χ3n) is 0.498. The minimum absolute atomic E-state index is 0.147. The van der Waals surface area contributed by atoms with Gasteiger partial charge in [-0.1, -0.05) is 0 Å². The Labute approximate surface area is 103 Å². The molecule has 0 saturated heterocycles. The van der Waals surface area contributed by atoms with Crippen molar-refractivity contribution in [3.8, 4) is 0 Å². The molecule has 1 N–H and O–H groups in total. The Balaban J connectivity index is 2.90. The van der Waals surface area contributed by atoms with Gasteiger partial charge in [-0.25, -0.2) is 5.26 Å². The molecule has 0 fully saturated rings. The molecule has 0 unspecified atom stereocenters. The highest BCUT2D eigenvalue weighted by Gasteiger charge is 1.99. The number of rotatable bonds is 17. The fourth-order valence-corrected chi connectivity index (χ4v) is 0.192. The van der Waals surface area contributed by atoms with E-state index in [4.69, 9.17) is 5.26 Å². The van der Waals surface area contributed by atoms with Gasteiger partial charge in [-0.3, -0.25) is 9.68 Å². The van der Waals surface area contributed by atoms with Crippen LogP contribution in [0.3, 0.4) is 0 Å². The van der Waals surface area contributed by atoms with E-state index >= 15 is 0 Å². The predicted molar refractivity (Wildman–Crippen MR) is 27.1 cm³/mol. The second-order valence-corrected chi connectivity index (χ2v) is 1.29. The van der Waals surface area contributed by atoms with Gasteiger partial charge in [0.1, 0.15) is 0 Å². The molecular formula is CH2O19. The predicted octanol–water partition coefficient (Wildman–Crippen LogP) is -1.46. The van der Waals surface area contributed by atoms with Gasteiger partial charge in [0.05, 0.1) is 0 Å². The lowest BCUT2D eigenvalue weighted by atomic mass is 11.7. The number of carbonyl (C=O) groups excluding carboxylic acids is 1. The van der Waals surface area contributed by atoms with Crippen LogP contribution in [0.5, 0.6) is 0 Å². The molecule has 0 saturated carbocycles. The lowest BCUT2D eigenvalue weighted by molar-refractivity contribution is -0.888. The molecule has 0 aromatic heterocycles. The fraction of sp³-hybridized carbons (Fsp3) is 0. The maximum absolute atomic E-state index is 9.46. The summed E-state index contributed by atoms with van der Waals surface area (Å²) in [5, 5.41) is 61.7. The third kappa shape index (κ3) is 16.8. The van der Waals surface area contributed by atoms with Gasteiger partial charge in [-0.15, -0.1) is 0 Å². The van der Waals surface area contributed by atoms with Crippen LogP contribution in [0.25, 0.3) is 0 Å². The van der Waals surface area contributed by atoms with E-state index in [1.54, 1.807) is 0 Å². The molecule has 19 heteroatoms. The minimum atomic E-state index is -0.147. The van der Waals surface area contributed by atoms with Gasteiger partial charge < -0.3 is 0 Å². The van der Waals surface area contributed by atoms with Gasteiger partial charge in [-0.2, -0.15) is 0 Å². The van der Waals surface area contributed by atoms with Crippen LogP contribution in [0, 0.1) is 0 Å². The van der Waals surface area contributed by atoms with Crippen LogP contribution >= 0.6 is 0 Å².